The van der Waals surface area contributed by atoms with Crippen molar-refractivity contribution >= 4 is 11.6 Å². The number of benzene rings is 1. The summed E-state index contributed by atoms with van der Waals surface area (Å²) >= 11 is 6.73. The van der Waals surface area contributed by atoms with Gasteiger partial charge in [-0.1, -0.05) is 19.8 Å². The molecule has 0 aliphatic heterocycles. The lowest BCUT2D eigenvalue weighted by atomic mass is 9.81. The van der Waals surface area contributed by atoms with Gasteiger partial charge < -0.3 is 9.47 Å². The largest absolute Gasteiger partial charge is 0.497 e. The van der Waals surface area contributed by atoms with Crippen LogP contribution in [0.1, 0.15) is 43.5 Å². The van der Waals surface area contributed by atoms with E-state index in [4.69, 9.17) is 21.1 Å². The summed E-state index contributed by atoms with van der Waals surface area (Å²) in [4.78, 5) is 0. The minimum atomic E-state index is -0.0231. The number of halogens is 1. The van der Waals surface area contributed by atoms with Gasteiger partial charge in [0.2, 0.25) is 0 Å². The maximum atomic E-state index is 6.73. The van der Waals surface area contributed by atoms with Gasteiger partial charge in [-0.3, -0.25) is 0 Å². The van der Waals surface area contributed by atoms with E-state index in [0.717, 1.165) is 17.1 Å². The van der Waals surface area contributed by atoms with Gasteiger partial charge in [0.05, 0.1) is 19.6 Å². The first-order valence-electron chi connectivity index (χ1n) is 6.47. The molecule has 2 rings (SSSR count). The number of methoxy groups -OCH3 is 2. The van der Waals surface area contributed by atoms with Gasteiger partial charge in [-0.15, -0.1) is 11.6 Å². The lowest BCUT2D eigenvalue weighted by Crippen LogP contribution is -2.18. The Morgan fingerprint density at radius 2 is 1.83 bits per heavy atom. The molecule has 0 amide bonds. The fourth-order valence-corrected chi connectivity index (χ4v) is 3.24. The first-order chi connectivity index (χ1) is 8.60. The zero-order valence-corrected chi connectivity index (χ0v) is 12.1. The second-order valence-electron chi connectivity index (χ2n) is 5.33. The zero-order valence-electron chi connectivity index (χ0n) is 11.3. The van der Waals surface area contributed by atoms with Crippen LogP contribution in [0, 0.1) is 5.41 Å². The molecule has 0 N–H and O–H groups in total. The number of hydrogen-bond donors (Lipinski definition) is 0. The topological polar surface area (TPSA) is 18.5 Å². The molecule has 18 heavy (non-hydrogen) atoms. The van der Waals surface area contributed by atoms with Crippen LogP contribution in [-0.4, -0.2) is 14.2 Å². The van der Waals surface area contributed by atoms with Crippen LogP contribution in [0.4, 0.5) is 0 Å². The summed E-state index contributed by atoms with van der Waals surface area (Å²) in [5, 5.41) is -0.0231. The molecule has 1 atom stereocenters. The van der Waals surface area contributed by atoms with Crippen LogP contribution in [0.5, 0.6) is 11.5 Å². The third-order valence-electron chi connectivity index (χ3n) is 4.07. The molecule has 0 heterocycles. The summed E-state index contributed by atoms with van der Waals surface area (Å²) in [5.74, 6) is 1.68. The standard InChI is InChI=1S/C15H21ClO2/c1-15(8-4-5-9-15)14(16)12-10-11(17-2)6-7-13(12)18-3/h6-7,10,14H,4-5,8-9H2,1-3H3. The number of rotatable bonds is 4. The molecule has 3 heteroatoms. The van der Waals surface area contributed by atoms with E-state index in [1.165, 1.54) is 25.7 Å². The third-order valence-corrected chi connectivity index (χ3v) is 4.83. The van der Waals surface area contributed by atoms with Crippen molar-refractivity contribution in [3.63, 3.8) is 0 Å². The Kier molecular flexibility index (Phi) is 4.06. The van der Waals surface area contributed by atoms with E-state index in [1.54, 1.807) is 14.2 Å². The van der Waals surface area contributed by atoms with E-state index >= 15 is 0 Å². The predicted octanol–water partition coefficient (Wildman–Crippen LogP) is 4.56. The summed E-state index contributed by atoms with van der Waals surface area (Å²) < 4.78 is 10.7. The van der Waals surface area contributed by atoms with Crippen LogP contribution in [0.2, 0.25) is 0 Å². The molecule has 0 aromatic heterocycles. The molecule has 0 radical (unpaired) electrons. The predicted molar refractivity (Wildman–Crippen MR) is 74.7 cm³/mol. The molecule has 1 saturated carbocycles. The van der Waals surface area contributed by atoms with Gasteiger partial charge in [-0.25, -0.2) is 0 Å². The molecule has 0 spiro atoms. The molecular formula is C15H21ClO2. The molecule has 1 aromatic rings. The minimum Gasteiger partial charge on any atom is -0.497 e. The Morgan fingerprint density at radius 3 is 2.39 bits per heavy atom. The summed E-state index contributed by atoms with van der Waals surface area (Å²) in [7, 11) is 3.36. The Bertz CT molecular complexity index is 411. The number of ether oxygens (including phenoxy) is 2. The fourth-order valence-electron chi connectivity index (χ4n) is 2.85. The van der Waals surface area contributed by atoms with Gasteiger partial charge in [-0.2, -0.15) is 0 Å². The van der Waals surface area contributed by atoms with E-state index in [2.05, 4.69) is 6.92 Å². The minimum absolute atomic E-state index is 0.0231. The maximum absolute atomic E-state index is 6.73. The van der Waals surface area contributed by atoms with Crippen molar-refractivity contribution in [2.45, 2.75) is 38.0 Å². The summed E-state index contributed by atoms with van der Waals surface area (Å²) in [5.41, 5.74) is 1.21. The molecule has 1 unspecified atom stereocenters. The molecule has 1 aliphatic rings. The highest BCUT2D eigenvalue weighted by molar-refractivity contribution is 6.21. The van der Waals surface area contributed by atoms with Crippen molar-refractivity contribution in [3.8, 4) is 11.5 Å². The molecular weight excluding hydrogens is 248 g/mol. The highest BCUT2D eigenvalue weighted by atomic mass is 35.5. The normalized spacial score (nSPS) is 19.6. The molecule has 0 bridgehead atoms. The van der Waals surface area contributed by atoms with E-state index in [0.29, 0.717) is 0 Å². The van der Waals surface area contributed by atoms with Gasteiger partial charge in [0, 0.05) is 5.56 Å². The van der Waals surface area contributed by atoms with E-state index in [-0.39, 0.29) is 10.8 Å². The van der Waals surface area contributed by atoms with E-state index < -0.39 is 0 Å². The summed E-state index contributed by atoms with van der Waals surface area (Å²) in [6, 6.07) is 5.84. The van der Waals surface area contributed by atoms with Crippen molar-refractivity contribution in [3.05, 3.63) is 23.8 Å². The van der Waals surface area contributed by atoms with Crippen molar-refractivity contribution < 1.29 is 9.47 Å². The Balaban J connectivity index is 2.35. The van der Waals surface area contributed by atoms with E-state index in [9.17, 15) is 0 Å². The van der Waals surface area contributed by atoms with Crippen LogP contribution in [0.25, 0.3) is 0 Å². The highest BCUT2D eigenvalue weighted by Crippen LogP contribution is 2.52. The van der Waals surface area contributed by atoms with Crippen molar-refractivity contribution in [1.29, 1.82) is 0 Å². The molecule has 1 aromatic carbocycles. The first kappa shape index (κ1) is 13.5. The molecule has 2 nitrogen and oxygen atoms in total. The average molecular weight is 269 g/mol. The van der Waals surface area contributed by atoms with Crippen LogP contribution < -0.4 is 9.47 Å². The first-order valence-corrected chi connectivity index (χ1v) is 6.90. The number of alkyl halides is 1. The van der Waals surface area contributed by atoms with Gasteiger partial charge in [0.1, 0.15) is 11.5 Å². The van der Waals surface area contributed by atoms with Crippen LogP contribution >= 0.6 is 11.6 Å². The van der Waals surface area contributed by atoms with Crippen molar-refractivity contribution in [2.24, 2.45) is 5.41 Å². The second-order valence-corrected chi connectivity index (χ2v) is 5.77. The smallest absolute Gasteiger partial charge is 0.123 e. The summed E-state index contributed by atoms with van der Waals surface area (Å²) in [6.07, 6.45) is 4.90. The van der Waals surface area contributed by atoms with Crippen LogP contribution in [0.3, 0.4) is 0 Å². The van der Waals surface area contributed by atoms with Gasteiger partial charge in [-0.05, 0) is 36.5 Å². The van der Waals surface area contributed by atoms with Crippen molar-refractivity contribution in [2.75, 3.05) is 14.2 Å². The maximum Gasteiger partial charge on any atom is 0.123 e. The Morgan fingerprint density at radius 1 is 1.17 bits per heavy atom. The van der Waals surface area contributed by atoms with E-state index in [1.807, 2.05) is 18.2 Å². The van der Waals surface area contributed by atoms with Gasteiger partial charge in [0.25, 0.3) is 0 Å². The van der Waals surface area contributed by atoms with Crippen LogP contribution in [0.15, 0.2) is 18.2 Å². The fraction of sp³-hybridized carbons (Fsp3) is 0.600. The molecule has 1 aliphatic carbocycles. The lowest BCUT2D eigenvalue weighted by molar-refractivity contribution is 0.312. The quantitative estimate of drug-likeness (QED) is 0.745. The molecule has 1 fully saturated rings. The number of hydrogen-bond acceptors (Lipinski definition) is 2. The molecule has 100 valence electrons. The second kappa shape index (κ2) is 5.40. The van der Waals surface area contributed by atoms with Gasteiger partial charge in [0.15, 0.2) is 0 Å². The lowest BCUT2D eigenvalue weighted by Gasteiger charge is -2.30. The SMILES string of the molecule is COc1ccc(OC)c(C(Cl)C2(C)CCCC2)c1. The summed E-state index contributed by atoms with van der Waals surface area (Å²) in [6.45, 7) is 2.27. The highest BCUT2D eigenvalue weighted by Gasteiger charge is 2.38. The monoisotopic (exact) mass is 268 g/mol. The van der Waals surface area contributed by atoms with Gasteiger partial charge >= 0.3 is 0 Å². The van der Waals surface area contributed by atoms with Crippen molar-refractivity contribution in [1.82, 2.24) is 0 Å². The Hall–Kier alpha value is -0.890. The average Bonchev–Trinajstić information content (AvgIpc) is 2.85. The molecule has 0 saturated heterocycles. The van der Waals surface area contributed by atoms with Crippen LogP contribution in [-0.2, 0) is 0 Å². The Labute approximate surface area is 114 Å². The third kappa shape index (κ3) is 2.44. The zero-order chi connectivity index (χ0) is 13.2.